The highest BCUT2D eigenvalue weighted by Gasteiger charge is 2.33. The summed E-state index contributed by atoms with van der Waals surface area (Å²) in [5.41, 5.74) is 0.377. The van der Waals surface area contributed by atoms with E-state index < -0.39 is 0 Å². The number of carbonyl (C=O) groups is 1. The minimum atomic E-state index is -0.316. The third-order valence-corrected chi connectivity index (χ3v) is 4.39. The average molecular weight is 340 g/mol. The molecule has 2 aliphatic carbocycles. The SMILES string of the molecule is O=C(NCc1ncnn1-c1ncccn1)C1=CC(C2CC2)CC(F)=C1. The monoisotopic (exact) mass is 340 g/mol. The van der Waals surface area contributed by atoms with Crippen molar-refractivity contribution in [3.8, 4) is 5.95 Å². The molecule has 0 bridgehead atoms. The number of carbonyl (C=O) groups excluding carboxylic acids is 1. The Hall–Kier alpha value is -2.90. The zero-order chi connectivity index (χ0) is 17.2. The predicted molar refractivity (Wildman–Crippen MR) is 86.9 cm³/mol. The van der Waals surface area contributed by atoms with E-state index in [0.29, 0.717) is 29.7 Å². The second kappa shape index (κ2) is 6.54. The van der Waals surface area contributed by atoms with E-state index in [1.165, 1.54) is 17.1 Å². The standard InChI is InChI=1S/C17H17FN6O/c18-14-7-12(11-2-3-11)6-13(8-14)16(25)21-9-15-22-10-23-24(15)17-19-4-1-5-20-17/h1,4-6,8,10-12H,2-3,7,9H2,(H,21,25). The maximum absolute atomic E-state index is 13.8. The number of allylic oxidation sites excluding steroid dienone is 2. The fourth-order valence-corrected chi connectivity index (χ4v) is 2.97. The first-order valence-corrected chi connectivity index (χ1v) is 8.23. The Kier molecular flexibility index (Phi) is 4.09. The quantitative estimate of drug-likeness (QED) is 0.898. The second-order valence-corrected chi connectivity index (χ2v) is 6.24. The average Bonchev–Trinajstić information content (AvgIpc) is 3.38. The van der Waals surface area contributed by atoms with Gasteiger partial charge in [-0.3, -0.25) is 4.79 Å². The minimum absolute atomic E-state index is 0.132. The molecule has 1 fully saturated rings. The maximum atomic E-state index is 13.8. The van der Waals surface area contributed by atoms with E-state index in [1.54, 1.807) is 18.5 Å². The van der Waals surface area contributed by atoms with E-state index >= 15 is 0 Å². The molecule has 4 rings (SSSR count). The van der Waals surface area contributed by atoms with E-state index in [9.17, 15) is 9.18 Å². The highest BCUT2D eigenvalue weighted by atomic mass is 19.1. The van der Waals surface area contributed by atoms with Gasteiger partial charge < -0.3 is 5.32 Å². The fraction of sp³-hybridized carbons (Fsp3) is 0.353. The number of hydrogen-bond acceptors (Lipinski definition) is 5. The molecular formula is C17H17FN6O. The molecule has 2 aromatic rings. The van der Waals surface area contributed by atoms with Gasteiger partial charge in [-0.25, -0.2) is 19.3 Å². The zero-order valence-corrected chi connectivity index (χ0v) is 13.5. The predicted octanol–water partition coefficient (Wildman–Crippen LogP) is 1.88. The van der Waals surface area contributed by atoms with Crippen LogP contribution in [0.5, 0.6) is 0 Å². The normalized spacial score (nSPS) is 20.0. The van der Waals surface area contributed by atoms with Gasteiger partial charge in [0.1, 0.15) is 12.2 Å². The molecule has 1 amide bonds. The second-order valence-electron chi connectivity index (χ2n) is 6.24. The van der Waals surface area contributed by atoms with E-state index in [-0.39, 0.29) is 24.2 Å². The van der Waals surface area contributed by atoms with E-state index in [2.05, 4.69) is 25.4 Å². The molecule has 1 atom stereocenters. The molecule has 0 aromatic carbocycles. The molecule has 7 nitrogen and oxygen atoms in total. The molecule has 0 radical (unpaired) electrons. The van der Waals surface area contributed by atoms with Gasteiger partial charge in [-0.2, -0.15) is 9.78 Å². The zero-order valence-electron chi connectivity index (χ0n) is 13.5. The summed E-state index contributed by atoms with van der Waals surface area (Å²) in [6, 6.07) is 1.70. The van der Waals surface area contributed by atoms with Crippen molar-refractivity contribution >= 4 is 5.91 Å². The van der Waals surface area contributed by atoms with Crippen LogP contribution in [-0.2, 0) is 11.3 Å². The smallest absolute Gasteiger partial charge is 0.252 e. The van der Waals surface area contributed by atoms with Gasteiger partial charge in [0.15, 0.2) is 5.82 Å². The van der Waals surface area contributed by atoms with Crippen LogP contribution in [0.3, 0.4) is 0 Å². The van der Waals surface area contributed by atoms with Gasteiger partial charge in [-0.05, 0) is 36.8 Å². The molecule has 1 N–H and O–H groups in total. The first kappa shape index (κ1) is 15.6. The molecule has 0 saturated heterocycles. The van der Waals surface area contributed by atoms with Gasteiger partial charge in [-0.15, -0.1) is 0 Å². The summed E-state index contributed by atoms with van der Waals surface area (Å²) in [5.74, 6) is 0.974. The lowest BCUT2D eigenvalue weighted by molar-refractivity contribution is -0.117. The molecule has 25 heavy (non-hydrogen) atoms. The van der Waals surface area contributed by atoms with Gasteiger partial charge >= 0.3 is 0 Å². The van der Waals surface area contributed by atoms with E-state index in [1.807, 2.05) is 6.08 Å². The van der Waals surface area contributed by atoms with Crippen LogP contribution in [0.1, 0.15) is 25.1 Å². The fourth-order valence-electron chi connectivity index (χ4n) is 2.97. The van der Waals surface area contributed by atoms with Crippen molar-refractivity contribution in [3.63, 3.8) is 0 Å². The number of aromatic nitrogens is 5. The summed E-state index contributed by atoms with van der Waals surface area (Å²) in [5, 5.41) is 6.84. The number of nitrogens with zero attached hydrogens (tertiary/aromatic N) is 5. The number of nitrogens with one attached hydrogen (secondary N) is 1. The van der Waals surface area contributed by atoms with Gasteiger partial charge in [-0.1, -0.05) is 6.08 Å². The largest absolute Gasteiger partial charge is 0.345 e. The lowest BCUT2D eigenvalue weighted by atomic mass is 9.91. The molecule has 0 aliphatic heterocycles. The van der Waals surface area contributed by atoms with Crippen molar-refractivity contribution in [1.29, 1.82) is 0 Å². The van der Waals surface area contributed by atoms with Crippen molar-refractivity contribution in [1.82, 2.24) is 30.0 Å². The van der Waals surface area contributed by atoms with Crippen LogP contribution in [0.25, 0.3) is 5.95 Å². The third-order valence-electron chi connectivity index (χ3n) is 4.39. The maximum Gasteiger partial charge on any atom is 0.252 e. The van der Waals surface area contributed by atoms with Crippen LogP contribution in [0.4, 0.5) is 4.39 Å². The lowest BCUT2D eigenvalue weighted by Gasteiger charge is -2.17. The summed E-state index contributed by atoms with van der Waals surface area (Å²) < 4.78 is 15.3. The Labute approximate surface area is 143 Å². The number of rotatable bonds is 5. The number of hydrogen-bond donors (Lipinski definition) is 1. The van der Waals surface area contributed by atoms with E-state index in [0.717, 1.165) is 12.8 Å². The highest BCUT2D eigenvalue weighted by Crippen LogP contribution is 2.42. The minimum Gasteiger partial charge on any atom is -0.345 e. The van der Waals surface area contributed by atoms with Crippen LogP contribution >= 0.6 is 0 Å². The molecule has 2 heterocycles. The summed E-state index contributed by atoms with van der Waals surface area (Å²) in [6.45, 7) is 0.151. The van der Waals surface area contributed by atoms with Crippen molar-refractivity contribution in [3.05, 3.63) is 54.2 Å². The van der Waals surface area contributed by atoms with E-state index in [4.69, 9.17) is 0 Å². The summed E-state index contributed by atoms with van der Waals surface area (Å²) in [4.78, 5) is 24.7. The Bertz CT molecular complexity index is 840. The van der Waals surface area contributed by atoms with Gasteiger partial charge in [0.05, 0.1) is 6.54 Å². The van der Waals surface area contributed by atoms with Gasteiger partial charge in [0.25, 0.3) is 11.9 Å². The van der Waals surface area contributed by atoms with Crippen LogP contribution < -0.4 is 5.32 Å². The summed E-state index contributed by atoms with van der Waals surface area (Å²) >= 11 is 0. The first-order valence-electron chi connectivity index (χ1n) is 8.23. The molecule has 1 saturated carbocycles. The van der Waals surface area contributed by atoms with Crippen molar-refractivity contribution in [2.75, 3.05) is 0 Å². The van der Waals surface area contributed by atoms with Gasteiger partial charge in [0, 0.05) is 24.4 Å². The molecular weight excluding hydrogens is 323 g/mol. The third kappa shape index (κ3) is 3.47. The van der Waals surface area contributed by atoms with Crippen molar-refractivity contribution in [2.45, 2.75) is 25.8 Å². The highest BCUT2D eigenvalue weighted by molar-refractivity contribution is 5.96. The number of halogens is 1. The van der Waals surface area contributed by atoms with Crippen LogP contribution in [0.15, 0.2) is 48.3 Å². The van der Waals surface area contributed by atoms with Crippen LogP contribution in [0, 0.1) is 11.8 Å². The van der Waals surface area contributed by atoms with Crippen molar-refractivity contribution in [2.24, 2.45) is 11.8 Å². The Morgan fingerprint density at radius 3 is 2.84 bits per heavy atom. The molecule has 8 heteroatoms. The summed E-state index contributed by atoms with van der Waals surface area (Å²) in [6.07, 6.45) is 10.4. The molecule has 2 aromatic heterocycles. The van der Waals surface area contributed by atoms with Crippen molar-refractivity contribution < 1.29 is 9.18 Å². The van der Waals surface area contributed by atoms with Crippen LogP contribution in [0.2, 0.25) is 0 Å². The number of amides is 1. The molecule has 2 aliphatic rings. The first-order chi connectivity index (χ1) is 12.2. The topological polar surface area (TPSA) is 85.6 Å². The lowest BCUT2D eigenvalue weighted by Crippen LogP contribution is -2.27. The Morgan fingerprint density at radius 2 is 2.08 bits per heavy atom. The Balaban J connectivity index is 1.45. The molecule has 1 unspecified atom stereocenters. The summed E-state index contributed by atoms with van der Waals surface area (Å²) in [7, 11) is 0. The molecule has 0 spiro atoms. The molecule has 128 valence electrons. The Morgan fingerprint density at radius 1 is 1.28 bits per heavy atom. The van der Waals surface area contributed by atoms with Gasteiger partial charge in [0.2, 0.25) is 0 Å². The van der Waals surface area contributed by atoms with Crippen LogP contribution in [-0.4, -0.2) is 30.6 Å².